The summed E-state index contributed by atoms with van der Waals surface area (Å²) in [6.07, 6.45) is 4.27. The van der Waals surface area contributed by atoms with Crippen LogP contribution >= 0.6 is 23.7 Å². The summed E-state index contributed by atoms with van der Waals surface area (Å²) in [5.41, 5.74) is 2.79. The van der Waals surface area contributed by atoms with Crippen molar-refractivity contribution in [3.05, 3.63) is 53.6 Å². The Bertz CT molecular complexity index is 989. The Hall–Kier alpha value is -2.15. The van der Waals surface area contributed by atoms with Gasteiger partial charge in [0.1, 0.15) is 5.75 Å². The maximum Gasteiger partial charge on any atom is 0.260 e. The third kappa shape index (κ3) is 7.19. The highest BCUT2D eigenvalue weighted by Crippen LogP contribution is 2.30. The van der Waals surface area contributed by atoms with Crippen molar-refractivity contribution in [1.29, 1.82) is 0 Å². The van der Waals surface area contributed by atoms with Gasteiger partial charge in [0.2, 0.25) is 0 Å². The van der Waals surface area contributed by atoms with Gasteiger partial charge >= 0.3 is 0 Å². The van der Waals surface area contributed by atoms with Crippen molar-refractivity contribution in [3.63, 3.8) is 0 Å². The molecule has 0 N–H and O–H groups in total. The number of thiazole rings is 1. The van der Waals surface area contributed by atoms with Gasteiger partial charge in [0, 0.05) is 12.1 Å². The fourth-order valence-corrected chi connectivity index (χ4v) is 4.44. The average Bonchev–Trinajstić information content (AvgIpc) is 3.17. The van der Waals surface area contributed by atoms with Gasteiger partial charge in [0.25, 0.3) is 5.91 Å². The number of amides is 1. The first-order valence-corrected chi connectivity index (χ1v) is 11.9. The second kappa shape index (κ2) is 12.8. The van der Waals surface area contributed by atoms with Crippen molar-refractivity contribution >= 4 is 45.0 Å². The number of aryl methyl sites for hydroxylation is 1. The number of nitrogens with zero attached hydrogens (tertiary/aromatic N) is 3. The van der Waals surface area contributed by atoms with Crippen LogP contribution < -0.4 is 9.64 Å². The molecule has 0 fully saturated rings. The predicted molar refractivity (Wildman–Crippen MR) is 138 cm³/mol. The number of rotatable bonds is 11. The van der Waals surface area contributed by atoms with Crippen molar-refractivity contribution in [2.75, 3.05) is 38.7 Å². The van der Waals surface area contributed by atoms with Gasteiger partial charge in [-0.25, -0.2) is 4.98 Å². The van der Waals surface area contributed by atoms with E-state index in [4.69, 9.17) is 9.72 Å². The Kier molecular flexibility index (Phi) is 10.4. The molecule has 1 amide bonds. The number of hydrogen-bond acceptors (Lipinski definition) is 5. The second-order valence-electron chi connectivity index (χ2n) is 8.16. The predicted octanol–water partition coefficient (Wildman–Crippen LogP) is 6.19. The molecule has 1 heterocycles. The molecule has 3 aromatic rings. The van der Waals surface area contributed by atoms with E-state index in [9.17, 15) is 4.79 Å². The van der Waals surface area contributed by atoms with Gasteiger partial charge in [-0.05, 0) is 82.4 Å². The van der Waals surface area contributed by atoms with E-state index >= 15 is 0 Å². The molecule has 1 aromatic heterocycles. The van der Waals surface area contributed by atoms with E-state index in [1.54, 1.807) is 11.3 Å². The van der Waals surface area contributed by atoms with Gasteiger partial charge in [0.05, 0.1) is 16.8 Å². The van der Waals surface area contributed by atoms with E-state index < -0.39 is 0 Å². The van der Waals surface area contributed by atoms with Crippen LogP contribution in [0.25, 0.3) is 10.2 Å². The highest BCUT2D eigenvalue weighted by Gasteiger charge is 2.21. The van der Waals surface area contributed by atoms with E-state index in [1.807, 2.05) is 49.3 Å². The quantitative estimate of drug-likeness (QED) is 0.310. The molecule has 7 heteroatoms. The lowest BCUT2D eigenvalue weighted by atomic mass is 10.2. The number of unbranched alkanes of at least 4 members (excludes halogenated alkanes) is 2. The number of ether oxygens (including phenoxy) is 1. The summed E-state index contributed by atoms with van der Waals surface area (Å²) in [5.74, 6) is 0.786. The number of carbonyl (C=O) groups excluding carboxylic acids is 1. The number of hydrogen-bond donors (Lipinski definition) is 0. The van der Waals surface area contributed by atoms with Crippen LogP contribution in [0.1, 0.15) is 48.5 Å². The lowest BCUT2D eigenvalue weighted by molar-refractivity contribution is 0.0986. The van der Waals surface area contributed by atoms with Gasteiger partial charge < -0.3 is 9.64 Å². The first-order valence-electron chi connectivity index (χ1n) is 11.0. The minimum atomic E-state index is -0.0212. The highest BCUT2D eigenvalue weighted by atomic mass is 35.5. The van der Waals surface area contributed by atoms with Crippen molar-refractivity contribution in [2.24, 2.45) is 0 Å². The standard InChI is InChI=1S/C25H33N3O2S.ClH/c1-5-6-7-17-30-21-12-10-20(11-13-21)24(29)28(16-8-15-27(3)4)25-26-22-14-9-19(2)18-23(22)31-25;/h9-14,18H,5-8,15-17H2,1-4H3;1H. The summed E-state index contributed by atoms with van der Waals surface area (Å²) in [4.78, 5) is 22.1. The van der Waals surface area contributed by atoms with Gasteiger partial charge in [-0.3, -0.25) is 9.69 Å². The van der Waals surface area contributed by atoms with Crippen LogP contribution in [0.4, 0.5) is 5.13 Å². The van der Waals surface area contributed by atoms with Crippen LogP contribution in [-0.2, 0) is 0 Å². The Morgan fingerprint density at radius 3 is 2.47 bits per heavy atom. The number of aromatic nitrogens is 1. The molecule has 0 radical (unpaired) electrons. The average molecular weight is 476 g/mol. The maximum absolute atomic E-state index is 13.4. The fraction of sp³-hybridized carbons (Fsp3) is 0.440. The Balaban J connectivity index is 0.00000363. The monoisotopic (exact) mass is 475 g/mol. The smallest absolute Gasteiger partial charge is 0.260 e. The number of fused-ring (bicyclic) bond motifs is 1. The number of benzene rings is 2. The molecule has 5 nitrogen and oxygen atoms in total. The molecule has 0 aliphatic carbocycles. The van der Waals surface area contributed by atoms with Gasteiger partial charge in [-0.15, -0.1) is 12.4 Å². The van der Waals surface area contributed by atoms with Crippen LogP contribution in [0.2, 0.25) is 0 Å². The first-order chi connectivity index (χ1) is 15.0. The second-order valence-corrected chi connectivity index (χ2v) is 9.17. The van der Waals surface area contributed by atoms with Gasteiger partial charge in [-0.1, -0.05) is 37.2 Å². The summed E-state index contributed by atoms with van der Waals surface area (Å²) >= 11 is 1.58. The summed E-state index contributed by atoms with van der Waals surface area (Å²) < 4.78 is 6.90. The molecule has 0 aliphatic rings. The highest BCUT2D eigenvalue weighted by molar-refractivity contribution is 7.22. The van der Waals surface area contributed by atoms with Crippen LogP contribution in [0.5, 0.6) is 5.75 Å². The van der Waals surface area contributed by atoms with E-state index in [-0.39, 0.29) is 18.3 Å². The summed E-state index contributed by atoms with van der Waals surface area (Å²) in [5, 5.41) is 0.754. The molecule has 32 heavy (non-hydrogen) atoms. The molecule has 0 aliphatic heterocycles. The van der Waals surface area contributed by atoms with Crippen molar-refractivity contribution in [1.82, 2.24) is 9.88 Å². The number of carbonyl (C=O) groups is 1. The summed E-state index contributed by atoms with van der Waals surface area (Å²) in [6, 6.07) is 13.7. The topological polar surface area (TPSA) is 45.7 Å². The van der Waals surface area contributed by atoms with Crippen LogP contribution in [0.15, 0.2) is 42.5 Å². The van der Waals surface area contributed by atoms with Crippen molar-refractivity contribution < 1.29 is 9.53 Å². The van der Waals surface area contributed by atoms with E-state index in [1.165, 1.54) is 18.4 Å². The molecule has 0 saturated carbocycles. The molecule has 0 spiro atoms. The summed E-state index contributed by atoms with van der Waals surface area (Å²) in [7, 11) is 4.09. The Morgan fingerprint density at radius 2 is 1.78 bits per heavy atom. The zero-order chi connectivity index (χ0) is 22.2. The van der Waals surface area contributed by atoms with E-state index in [0.717, 1.165) is 40.5 Å². The number of halogens is 1. The maximum atomic E-state index is 13.4. The fourth-order valence-electron chi connectivity index (χ4n) is 3.36. The van der Waals surface area contributed by atoms with E-state index in [2.05, 4.69) is 30.9 Å². The third-order valence-electron chi connectivity index (χ3n) is 5.11. The first kappa shape index (κ1) is 26.1. The zero-order valence-electron chi connectivity index (χ0n) is 19.5. The molecule has 0 unspecified atom stereocenters. The molecular formula is C25H34ClN3O2S. The molecule has 174 valence electrons. The van der Waals surface area contributed by atoms with Crippen LogP contribution in [-0.4, -0.2) is 49.6 Å². The van der Waals surface area contributed by atoms with Crippen LogP contribution in [0.3, 0.4) is 0 Å². The Labute approximate surface area is 201 Å². The molecular weight excluding hydrogens is 442 g/mol. The minimum Gasteiger partial charge on any atom is -0.494 e. The van der Waals surface area contributed by atoms with Crippen molar-refractivity contribution in [2.45, 2.75) is 39.5 Å². The molecule has 0 bridgehead atoms. The minimum absolute atomic E-state index is 0. The SMILES string of the molecule is CCCCCOc1ccc(C(=O)N(CCCN(C)C)c2nc3ccc(C)cc3s2)cc1.Cl. The number of anilines is 1. The summed E-state index contributed by atoms with van der Waals surface area (Å²) in [6.45, 7) is 6.51. The largest absolute Gasteiger partial charge is 0.494 e. The third-order valence-corrected chi connectivity index (χ3v) is 6.15. The molecule has 3 rings (SSSR count). The molecule has 0 saturated heterocycles. The van der Waals surface area contributed by atoms with Crippen molar-refractivity contribution in [3.8, 4) is 5.75 Å². The Morgan fingerprint density at radius 1 is 1.03 bits per heavy atom. The van der Waals surface area contributed by atoms with Gasteiger partial charge in [0.15, 0.2) is 5.13 Å². The molecule has 0 atom stereocenters. The van der Waals surface area contributed by atoms with E-state index in [0.29, 0.717) is 18.7 Å². The van der Waals surface area contributed by atoms with Crippen LogP contribution in [0, 0.1) is 6.92 Å². The normalized spacial score (nSPS) is 10.9. The lowest BCUT2D eigenvalue weighted by Crippen LogP contribution is -2.33. The lowest BCUT2D eigenvalue weighted by Gasteiger charge is -2.21. The van der Waals surface area contributed by atoms with Gasteiger partial charge in [-0.2, -0.15) is 0 Å². The molecule has 2 aromatic carbocycles. The zero-order valence-corrected chi connectivity index (χ0v) is 21.1.